The number of ether oxygens (including phenoxy) is 3. The van der Waals surface area contributed by atoms with Crippen LogP contribution >= 0.6 is 0 Å². The zero-order chi connectivity index (χ0) is 40.8. The zero-order valence-corrected chi connectivity index (χ0v) is 38.9. The first-order valence-electron chi connectivity index (χ1n) is 22.8. The number of hydrogen-bond donors (Lipinski definition) is 0. The molecule has 2 amide bonds. The van der Waals surface area contributed by atoms with E-state index in [1.54, 1.807) is 30.3 Å². The van der Waals surface area contributed by atoms with Crippen molar-refractivity contribution in [3.8, 4) is 17.2 Å². The molecular weight excluding hydrogens is 835 g/mol. The van der Waals surface area contributed by atoms with Crippen LogP contribution in [0.5, 0.6) is 17.2 Å². The molecule has 1 heterocycles. The fourth-order valence-corrected chi connectivity index (χ4v) is 7.37. The molecule has 3 rings (SSSR count). The van der Waals surface area contributed by atoms with Gasteiger partial charge in [-0.2, -0.15) is 0 Å². The van der Waals surface area contributed by atoms with Gasteiger partial charge in [0.15, 0.2) is 17.7 Å². The quantitative estimate of drug-likeness (QED) is 0.0264. The molecule has 0 aliphatic rings. The second kappa shape index (κ2) is 32.7. The van der Waals surface area contributed by atoms with Crippen LogP contribution < -0.4 is 42.8 Å². The number of aromatic nitrogens is 1. The Labute approximate surface area is 370 Å². The lowest BCUT2D eigenvalue weighted by molar-refractivity contribution is -0.679. The van der Waals surface area contributed by atoms with E-state index in [0.717, 1.165) is 31.4 Å². The summed E-state index contributed by atoms with van der Waals surface area (Å²) in [7, 11) is 3.45. The van der Waals surface area contributed by atoms with E-state index in [1.807, 2.05) is 48.1 Å². The second-order valence-corrected chi connectivity index (χ2v) is 15.8. The molecule has 3 aromatic rings. The highest BCUT2D eigenvalue weighted by Crippen LogP contribution is 2.31. The van der Waals surface area contributed by atoms with Crippen LogP contribution in [-0.2, 0) is 13.6 Å². The third-order valence-corrected chi connectivity index (χ3v) is 11.0. The number of nitrogens with zero attached hydrogens (tertiary/aromatic N) is 2. The molecule has 0 atom stereocenters. The molecular formula is C50H77IN2O5. The first kappa shape index (κ1) is 51.0. The highest BCUT2D eigenvalue weighted by molar-refractivity contribution is 6.11. The molecule has 0 aliphatic heterocycles. The average Bonchev–Trinajstić information content (AvgIpc) is 3.23. The molecule has 8 heteroatoms. The van der Waals surface area contributed by atoms with E-state index >= 15 is 0 Å². The number of halogens is 1. The van der Waals surface area contributed by atoms with Gasteiger partial charge >= 0.3 is 0 Å². The molecule has 7 nitrogen and oxygen atoms in total. The smallest absolute Gasteiger partial charge is 0.265 e. The lowest BCUT2D eigenvalue weighted by atomic mass is 10.1. The Balaban J connectivity index is 0.0000116. The van der Waals surface area contributed by atoms with E-state index in [0.29, 0.717) is 41.6 Å². The second-order valence-electron chi connectivity index (χ2n) is 15.8. The minimum atomic E-state index is -0.424. The average molecular weight is 913 g/mol. The minimum Gasteiger partial charge on any atom is -1.00 e. The molecule has 0 aliphatic carbocycles. The summed E-state index contributed by atoms with van der Waals surface area (Å²) in [4.78, 5) is 29.8. The van der Waals surface area contributed by atoms with E-state index in [9.17, 15) is 9.59 Å². The Bertz CT molecular complexity index is 1530. The van der Waals surface area contributed by atoms with Crippen LogP contribution in [0, 0.1) is 0 Å². The van der Waals surface area contributed by atoms with Gasteiger partial charge in [0.25, 0.3) is 11.8 Å². The van der Waals surface area contributed by atoms with Crippen molar-refractivity contribution < 1.29 is 52.3 Å². The van der Waals surface area contributed by atoms with Gasteiger partial charge in [0.1, 0.15) is 19.3 Å². The summed E-state index contributed by atoms with van der Waals surface area (Å²) in [5.74, 6) is 0.791. The summed E-state index contributed by atoms with van der Waals surface area (Å²) < 4.78 is 20.1. The number of benzene rings is 2. The van der Waals surface area contributed by atoms with Crippen LogP contribution in [0.25, 0.3) is 0 Å². The van der Waals surface area contributed by atoms with Crippen LogP contribution in [0.1, 0.15) is 194 Å². The lowest BCUT2D eigenvalue weighted by Gasteiger charge is -2.22. The molecule has 0 fully saturated rings. The first-order valence-corrected chi connectivity index (χ1v) is 22.8. The summed E-state index contributed by atoms with van der Waals surface area (Å²) in [6.07, 6.45) is 32.7. The fourth-order valence-electron chi connectivity index (χ4n) is 7.37. The van der Waals surface area contributed by atoms with Gasteiger partial charge in [-0.25, -0.2) is 4.57 Å². The number of aryl methyl sites for hydroxylation is 1. The largest absolute Gasteiger partial charge is 1.00 e. The SMILES string of the molecule is CCCCCCCCCCCCCCOc1ccc(C(=O)N(Cc2cccc[n+]2C)C(=O)c2ccccc2OC)cc1OCCCCCCCCCCCCCC.[I-]. The summed E-state index contributed by atoms with van der Waals surface area (Å²) in [6.45, 7) is 5.79. The van der Waals surface area contributed by atoms with Crippen molar-refractivity contribution in [2.24, 2.45) is 7.05 Å². The maximum Gasteiger partial charge on any atom is 0.265 e. The lowest BCUT2D eigenvalue weighted by Crippen LogP contribution is -3.00. The normalized spacial score (nSPS) is 10.9. The number of methoxy groups -OCH3 is 1. The molecule has 0 bridgehead atoms. The molecule has 0 radical (unpaired) electrons. The standard InChI is InChI=1S/C50H77N2O5.HI/c1-5-7-9-11-13-15-17-19-21-23-25-31-39-56-47-37-36-43(41-48(47)57-40-32-26-24-22-20-18-16-14-12-10-8-6-2)49(53)52(42-44-33-29-30-38-51(44)3)50(54)45-34-27-28-35-46(45)55-4;/h27-30,33-38,41H,5-26,31-32,39-40,42H2,1-4H3;1H/q+1;/p-1. The molecule has 1 aromatic heterocycles. The molecule has 0 spiro atoms. The van der Waals surface area contributed by atoms with Crippen molar-refractivity contribution >= 4 is 11.8 Å². The van der Waals surface area contributed by atoms with Crippen LogP contribution in [0.4, 0.5) is 0 Å². The molecule has 0 unspecified atom stereocenters. The fraction of sp³-hybridized carbons (Fsp3) is 0.620. The van der Waals surface area contributed by atoms with Crippen molar-refractivity contribution in [1.82, 2.24) is 4.90 Å². The molecule has 0 saturated carbocycles. The highest BCUT2D eigenvalue weighted by atomic mass is 127. The number of carbonyl (C=O) groups excluding carboxylic acids is 2. The monoisotopic (exact) mass is 912 g/mol. The van der Waals surface area contributed by atoms with E-state index in [1.165, 1.54) is 140 Å². The predicted octanol–water partition coefficient (Wildman–Crippen LogP) is 10.2. The van der Waals surface area contributed by atoms with Crippen molar-refractivity contribution in [2.45, 2.75) is 174 Å². The van der Waals surface area contributed by atoms with Crippen molar-refractivity contribution in [3.63, 3.8) is 0 Å². The van der Waals surface area contributed by atoms with Gasteiger partial charge in [0, 0.05) is 17.7 Å². The van der Waals surface area contributed by atoms with Gasteiger partial charge in [-0.3, -0.25) is 14.5 Å². The Morgan fingerprint density at radius 2 is 1.00 bits per heavy atom. The number of hydrogen-bond acceptors (Lipinski definition) is 5. The molecule has 0 saturated heterocycles. The molecule has 58 heavy (non-hydrogen) atoms. The summed E-state index contributed by atoms with van der Waals surface area (Å²) in [5.41, 5.74) is 1.52. The highest BCUT2D eigenvalue weighted by Gasteiger charge is 2.29. The number of para-hydroxylation sites is 1. The Morgan fingerprint density at radius 1 is 0.534 bits per heavy atom. The van der Waals surface area contributed by atoms with Crippen LogP contribution in [0.2, 0.25) is 0 Å². The van der Waals surface area contributed by atoms with Crippen LogP contribution in [-0.4, -0.2) is 37.0 Å². The maximum absolute atomic E-state index is 14.4. The van der Waals surface area contributed by atoms with Gasteiger partial charge in [-0.15, -0.1) is 0 Å². The first-order chi connectivity index (χ1) is 28.0. The van der Waals surface area contributed by atoms with E-state index in [2.05, 4.69) is 13.8 Å². The molecule has 2 aromatic carbocycles. The number of imide groups is 1. The van der Waals surface area contributed by atoms with Crippen molar-refractivity contribution in [3.05, 3.63) is 83.7 Å². The predicted molar refractivity (Wildman–Crippen MR) is 234 cm³/mol. The molecule has 0 N–H and O–H groups in total. The third-order valence-electron chi connectivity index (χ3n) is 11.0. The van der Waals surface area contributed by atoms with Crippen LogP contribution in [0.15, 0.2) is 66.9 Å². The number of carbonyl (C=O) groups is 2. The van der Waals surface area contributed by atoms with E-state index in [-0.39, 0.29) is 30.5 Å². The zero-order valence-electron chi connectivity index (χ0n) is 36.8. The third kappa shape index (κ3) is 20.2. The van der Waals surface area contributed by atoms with Crippen LogP contribution in [0.3, 0.4) is 0 Å². The van der Waals surface area contributed by atoms with Gasteiger partial charge in [-0.1, -0.05) is 173 Å². The summed E-state index contributed by atoms with van der Waals surface area (Å²) in [6, 6.07) is 18.1. The van der Waals surface area contributed by atoms with Crippen molar-refractivity contribution in [2.75, 3.05) is 20.3 Å². The van der Waals surface area contributed by atoms with Gasteiger partial charge < -0.3 is 38.2 Å². The van der Waals surface area contributed by atoms with Crippen molar-refractivity contribution in [1.29, 1.82) is 0 Å². The summed E-state index contributed by atoms with van der Waals surface area (Å²) >= 11 is 0. The van der Waals surface area contributed by atoms with Gasteiger partial charge in [-0.05, 0) is 43.2 Å². The number of rotatable bonds is 33. The molecule has 324 valence electrons. The minimum absolute atomic E-state index is 0. The Hall–Kier alpha value is -3.14. The maximum atomic E-state index is 14.4. The van der Waals surface area contributed by atoms with E-state index in [4.69, 9.17) is 14.2 Å². The number of unbranched alkanes of at least 4 members (excludes halogenated alkanes) is 22. The topological polar surface area (TPSA) is 69.0 Å². The van der Waals surface area contributed by atoms with E-state index < -0.39 is 11.8 Å². The summed E-state index contributed by atoms with van der Waals surface area (Å²) in [5, 5.41) is 0. The van der Waals surface area contributed by atoms with Gasteiger partial charge in [0.2, 0.25) is 5.69 Å². The Kier molecular flexibility index (Phi) is 28.7. The number of amides is 2. The Morgan fingerprint density at radius 3 is 1.50 bits per heavy atom. The van der Waals surface area contributed by atoms with Gasteiger partial charge in [0.05, 0.1) is 25.9 Å². The number of pyridine rings is 1.